The molecule has 46 valence electrons. The van der Waals surface area contributed by atoms with E-state index in [1.807, 2.05) is 6.92 Å². The average Bonchev–Trinajstić information content (AvgIpc) is 1.35. The number of hydrogen-bond donors (Lipinski definition) is 0. The molecule has 0 rings (SSSR count). The zero-order chi connectivity index (χ0) is 5.21. The van der Waals surface area contributed by atoms with E-state index in [-0.39, 0.29) is 17.1 Å². The molecule has 0 aliphatic rings. The normalized spacial score (nSPS) is 10.3. The van der Waals surface area contributed by atoms with Gasteiger partial charge < -0.3 is 9.85 Å². The van der Waals surface area contributed by atoms with Crippen molar-refractivity contribution in [3.05, 3.63) is 5.21 Å². The van der Waals surface area contributed by atoms with E-state index in [0.29, 0.717) is 6.54 Å². The van der Waals surface area contributed by atoms with Crippen molar-refractivity contribution in [3.8, 4) is 0 Å². The Labute approximate surface area is 50.7 Å². The van der Waals surface area contributed by atoms with Gasteiger partial charge in [0.15, 0.2) is 0 Å². The number of halogens is 1. The molecule has 0 fully saturated rings. The minimum Gasteiger partial charge on any atom is -0.633 e. The Balaban J connectivity index is 0. The number of hydroxylamine groups is 3. The molecule has 0 spiro atoms. The average molecular weight is 126 g/mol. The Bertz CT molecular complexity index is 41.4. The smallest absolute Gasteiger partial charge is 0.0751 e. The molecular weight excluding hydrogens is 114 g/mol. The summed E-state index contributed by atoms with van der Waals surface area (Å²) >= 11 is 0. The summed E-state index contributed by atoms with van der Waals surface area (Å²) in [6.45, 7) is 2.52. The van der Waals surface area contributed by atoms with Crippen LogP contribution in [0.4, 0.5) is 0 Å². The number of rotatable bonds is 1. The van der Waals surface area contributed by atoms with Crippen molar-refractivity contribution in [2.24, 2.45) is 0 Å². The number of quaternary nitrogens is 1. The van der Waals surface area contributed by atoms with Gasteiger partial charge in [0.05, 0.1) is 20.6 Å². The van der Waals surface area contributed by atoms with Crippen LogP contribution in [0, 0.1) is 5.21 Å². The van der Waals surface area contributed by atoms with E-state index in [1.165, 1.54) is 0 Å². The van der Waals surface area contributed by atoms with Gasteiger partial charge in [-0.05, 0) is 6.92 Å². The van der Waals surface area contributed by atoms with Crippen LogP contribution in [0.15, 0.2) is 0 Å². The molecule has 0 bridgehead atoms. The predicted octanol–water partition coefficient (Wildman–Crippen LogP) is 1.00. The molecule has 0 saturated carbocycles. The van der Waals surface area contributed by atoms with Gasteiger partial charge in [0, 0.05) is 0 Å². The molecule has 7 heavy (non-hydrogen) atoms. The van der Waals surface area contributed by atoms with E-state index in [9.17, 15) is 5.21 Å². The minimum atomic E-state index is -0.181. The fourth-order valence-electron chi connectivity index (χ4n) is 0. The van der Waals surface area contributed by atoms with E-state index in [2.05, 4.69) is 0 Å². The van der Waals surface area contributed by atoms with Crippen molar-refractivity contribution in [2.45, 2.75) is 6.92 Å². The fraction of sp³-hybridized carbons (Fsp3) is 1.00. The summed E-state index contributed by atoms with van der Waals surface area (Å²) in [5.41, 5.74) is 0. The van der Waals surface area contributed by atoms with E-state index in [0.717, 1.165) is 0 Å². The topological polar surface area (TPSA) is 23.1 Å². The van der Waals surface area contributed by atoms with Crippen molar-refractivity contribution in [3.63, 3.8) is 0 Å². The van der Waals surface area contributed by atoms with Crippen LogP contribution in [0.5, 0.6) is 0 Å². The lowest BCUT2D eigenvalue weighted by Gasteiger charge is -2.31. The van der Waals surface area contributed by atoms with E-state index in [1.54, 1.807) is 14.1 Å². The van der Waals surface area contributed by atoms with Gasteiger partial charge in [-0.1, -0.05) is 0 Å². The molecule has 0 radical (unpaired) electrons. The zero-order valence-electron chi connectivity index (χ0n) is 4.97. The second-order valence-corrected chi connectivity index (χ2v) is 1.89. The van der Waals surface area contributed by atoms with Crippen LogP contribution in [0.1, 0.15) is 6.92 Å². The van der Waals surface area contributed by atoms with E-state index in [4.69, 9.17) is 0 Å². The van der Waals surface area contributed by atoms with Gasteiger partial charge in [-0.15, -0.1) is 12.4 Å². The highest BCUT2D eigenvalue weighted by Gasteiger charge is 1.90. The maximum absolute atomic E-state index is 10.4. The summed E-state index contributed by atoms with van der Waals surface area (Å²) in [6, 6.07) is 0. The third kappa shape index (κ3) is 10.7. The maximum atomic E-state index is 10.4. The second-order valence-electron chi connectivity index (χ2n) is 1.89. The molecule has 0 aliphatic carbocycles. The summed E-state index contributed by atoms with van der Waals surface area (Å²) in [6.07, 6.45) is 0. The summed E-state index contributed by atoms with van der Waals surface area (Å²) in [5, 5.41) is 10.4. The Morgan fingerprint density at radius 1 is 1.43 bits per heavy atom. The first-order valence-electron chi connectivity index (χ1n) is 2.10. The highest BCUT2D eigenvalue weighted by atomic mass is 35.5. The molecule has 2 nitrogen and oxygen atoms in total. The van der Waals surface area contributed by atoms with Crippen LogP contribution in [0.2, 0.25) is 0 Å². The van der Waals surface area contributed by atoms with Gasteiger partial charge in [0.2, 0.25) is 0 Å². The van der Waals surface area contributed by atoms with Crippen LogP contribution < -0.4 is 0 Å². The summed E-state index contributed by atoms with van der Waals surface area (Å²) < 4.78 is -0.181. The van der Waals surface area contributed by atoms with Crippen LogP contribution in [0.3, 0.4) is 0 Å². The van der Waals surface area contributed by atoms with Crippen molar-refractivity contribution in [1.29, 1.82) is 0 Å². The molecule has 0 N–H and O–H groups in total. The van der Waals surface area contributed by atoms with E-state index >= 15 is 0 Å². The first kappa shape index (κ1) is 10.2. The molecular formula is C4H12ClNO. The van der Waals surface area contributed by atoms with Gasteiger partial charge in [0.25, 0.3) is 0 Å². The maximum Gasteiger partial charge on any atom is 0.0751 e. The number of nitrogens with zero attached hydrogens (tertiary/aromatic N) is 1. The van der Waals surface area contributed by atoms with Crippen molar-refractivity contribution < 1.29 is 4.65 Å². The fourth-order valence-corrected chi connectivity index (χ4v) is 0. The molecule has 0 atom stereocenters. The lowest BCUT2D eigenvalue weighted by molar-refractivity contribution is -0.837. The van der Waals surface area contributed by atoms with Gasteiger partial charge in [-0.25, -0.2) is 0 Å². The lowest BCUT2D eigenvalue weighted by Crippen LogP contribution is -2.31. The zero-order valence-corrected chi connectivity index (χ0v) is 5.79. The van der Waals surface area contributed by atoms with Crippen LogP contribution in [-0.4, -0.2) is 25.3 Å². The van der Waals surface area contributed by atoms with Crippen molar-refractivity contribution >= 4 is 12.4 Å². The van der Waals surface area contributed by atoms with Gasteiger partial charge in [-0.2, -0.15) is 0 Å². The predicted molar refractivity (Wildman–Crippen MR) is 33.3 cm³/mol. The Morgan fingerprint density at radius 2 is 1.57 bits per heavy atom. The van der Waals surface area contributed by atoms with Crippen LogP contribution in [0.25, 0.3) is 0 Å². The highest BCUT2D eigenvalue weighted by molar-refractivity contribution is 5.85. The second kappa shape index (κ2) is 3.24. The Hall–Kier alpha value is 0.210. The molecule has 0 aromatic rings. The molecule has 0 heterocycles. The SMILES string of the molecule is CC[N+](C)(C)[O-].Cl. The quantitative estimate of drug-likeness (QED) is 0.379. The van der Waals surface area contributed by atoms with Crippen LogP contribution >= 0.6 is 12.4 Å². The summed E-state index contributed by atoms with van der Waals surface area (Å²) in [4.78, 5) is 0. The van der Waals surface area contributed by atoms with Crippen LogP contribution in [-0.2, 0) is 0 Å². The largest absolute Gasteiger partial charge is 0.633 e. The lowest BCUT2D eigenvalue weighted by atomic mass is 10.7. The first-order valence-corrected chi connectivity index (χ1v) is 2.10. The molecule has 0 aliphatic heterocycles. The molecule has 0 aromatic heterocycles. The molecule has 3 heteroatoms. The number of hydrogen-bond acceptors (Lipinski definition) is 1. The van der Waals surface area contributed by atoms with Crippen molar-refractivity contribution in [2.75, 3.05) is 20.6 Å². The Kier molecular flexibility index (Phi) is 4.75. The molecule has 0 aromatic carbocycles. The monoisotopic (exact) mass is 125 g/mol. The first-order chi connectivity index (χ1) is 2.56. The van der Waals surface area contributed by atoms with E-state index < -0.39 is 0 Å². The van der Waals surface area contributed by atoms with Crippen molar-refractivity contribution in [1.82, 2.24) is 0 Å². The highest BCUT2D eigenvalue weighted by Crippen LogP contribution is 1.86. The third-order valence-corrected chi connectivity index (χ3v) is 0.762. The standard InChI is InChI=1S/C4H11NO.ClH/c1-4-5(2,3)6;/h4H2,1-3H3;1H. The minimum absolute atomic E-state index is 0. The summed E-state index contributed by atoms with van der Waals surface area (Å²) in [7, 11) is 3.25. The third-order valence-electron chi connectivity index (χ3n) is 0.762. The van der Waals surface area contributed by atoms with Gasteiger partial charge >= 0.3 is 0 Å². The Morgan fingerprint density at radius 3 is 1.57 bits per heavy atom. The summed E-state index contributed by atoms with van der Waals surface area (Å²) in [5.74, 6) is 0. The molecule has 0 amide bonds. The van der Waals surface area contributed by atoms with Gasteiger partial charge in [-0.3, -0.25) is 0 Å². The van der Waals surface area contributed by atoms with Gasteiger partial charge in [0.1, 0.15) is 0 Å². The molecule has 0 unspecified atom stereocenters. The molecule has 0 saturated heterocycles.